The minimum Gasteiger partial charge on any atom is -0.337 e. The van der Waals surface area contributed by atoms with Gasteiger partial charge in [0, 0.05) is 23.0 Å². The van der Waals surface area contributed by atoms with Gasteiger partial charge < -0.3 is 4.52 Å². The Morgan fingerprint density at radius 1 is 1.03 bits per heavy atom. The van der Waals surface area contributed by atoms with Crippen LogP contribution >= 0.6 is 11.6 Å². The Labute approximate surface area is 186 Å². The molecule has 0 saturated carbocycles. The molecule has 1 atom stereocenters. The summed E-state index contributed by atoms with van der Waals surface area (Å²) in [7, 11) is 0. The largest absolute Gasteiger partial charge is 0.337 e. The Balaban J connectivity index is 1.77. The third-order valence-corrected chi connectivity index (χ3v) is 5.87. The van der Waals surface area contributed by atoms with E-state index in [1.165, 1.54) is 0 Å². The molecule has 1 N–H and O–H groups in total. The first-order chi connectivity index (χ1) is 15.0. The molecular weight excluding hydrogens is 410 g/mol. The maximum atomic E-state index is 13.0. The number of hydrogen-bond donors (Lipinski definition) is 1. The monoisotopic (exact) mass is 431 g/mol. The molecule has 2 aromatic heterocycles. The first-order valence-corrected chi connectivity index (χ1v) is 10.4. The van der Waals surface area contributed by atoms with Gasteiger partial charge >= 0.3 is 0 Å². The Morgan fingerprint density at radius 3 is 2.52 bits per heavy atom. The van der Waals surface area contributed by atoms with Gasteiger partial charge in [-0.05, 0) is 61.2 Å². The molecule has 31 heavy (non-hydrogen) atoms. The van der Waals surface area contributed by atoms with Crippen molar-refractivity contribution in [3.05, 3.63) is 88.7 Å². The molecule has 0 aliphatic rings. The number of aryl methyl sites for hydroxylation is 1. The number of amides is 1. The fourth-order valence-electron chi connectivity index (χ4n) is 3.54. The van der Waals surface area contributed by atoms with E-state index in [-0.39, 0.29) is 5.91 Å². The number of aromatic nitrogens is 2. The Hall–Kier alpha value is -3.44. The molecule has 0 aliphatic heterocycles. The van der Waals surface area contributed by atoms with Gasteiger partial charge in [-0.15, -0.1) is 0 Å². The second-order valence-corrected chi connectivity index (χ2v) is 7.86. The van der Waals surface area contributed by atoms with Crippen LogP contribution in [0.4, 0.5) is 5.88 Å². The number of rotatable bonds is 5. The van der Waals surface area contributed by atoms with Crippen LogP contribution in [0, 0.1) is 13.8 Å². The summed E-state index contributed by atoms with van der Waals surface area (Å²) >= 11 is 6.29. The van der Waals surface area contributed by atoms with Crippen molar-refractivity contribution in [2.75, 3.05) is 5.32 Å². The number of benzene rings is 2. The fraction of sp³-hybridized carbons (Fsp3) is 0.160. The summed E-state index contributed by atoms with van der Waals surface area (Å²) < 4.78 is 5.65. The zero-order valence-corrected chi connectivity index (χ0v) is 18.3. The summed E-state index contributed by atoms with van der Waals surface area (Å²) in [6.45, 7) is 5.91. The zero-order chi connectivity index (χ0) is 22.0. The summed E-state index contributed by atoms with van der Waals surface area (Å²) in [5.41, 5.74) is 6.21. The highest BCUT2D eigenvalue weighted by Crippen LogP contribution is 2.39. The normalized spacial score (nSPS) is 11.9. The summed E-state index contributed by atoms with van der Waals surface area (Å²) in [6.07, 6.45) is 3.40. The van der Waals surface area contributed by atoms with E-state index < -0.39 is 5.92 Å². The fourth-order valence-corrected chi connectivity index (χ4v) is 3.84. The molecule has 1 amide bonds. The highest BCUT2D eigenvalue weighted by Gasteiger charge is 2.25. The molecule has 0 aliphatic carbocycles. The Kier molecular flexibility index (Phi) is 5.87. The van der Waals surface area contributed by atoms with Gasteiger partial charge in [-0.25, -0.2) is 0 Å². The molecule has 4 rings (SSSR count). The van der Waals surface area contributed by atoms with Crippen molar-refractivity contribution in [2.45, 2.75) is 26.7 Å². The van der Waals surface area contributed by atoms with Crippen molar-refractivity contribution < 1.29 is 9.32 Å². The van der Waals surface area contributed by atoms with Crippen molar-refractivity contribution >= 4 is 23.4 Å². The Bertz CT molecular complexity index is 1230. The third-order valence-electron chi connectivity index (χ3n) is 5.52. The lowest BCUT2D eigenvalue weighted by atomic mass is 9.95. The molecule has 6 heteroatoms. The highest BCUT2D eigenvalue weighted by atomic mass is 35.5. The average molecular weight is 432 g/mol. The van der Waals surface area contributed by atoms with E-state index in [4.69, 9.17) is 16.1 Å². The molecule has 1 unspecified atom stereocenters. The van der Waals surface area contributed by atoms with Gasteiger partial charge in [0.1, 0.15) is 5.69 Å². The minimum atomic E-state index is -0.465. The predicted octanol–water partition coefficient (Wildman–Crippen LogP) is 6.42. The number of carbonyl (C=O) groups excluding carboxylic acids is 1. The maximum Gasteiger partial charge on any atom is 0.239 e. The van der Waals surface area contributed by atoms with Gasteiger partial charge in [0.2, 0.25) is 11.8 Å². The van der Waals surface area contributed by atoms with Gasteiger partial charge in [0.25, 0.3) is 0 Å². The molecular formula is C25H22ClN3O2. The van der Waals surface area contributed by atoms with Crippen LogP contribution in [0.3, 0.4) is 0 Å². The summed E-state index contributed by atoms with van der Waals surface area (Å²) in [6, 6.07) is 17.1. The molecule has 2 aromatic carbocycles. The highest BCUT2D eigenvalue weighted by molar-refractivity contribution is 6.31. The topological polar surface area (TPSA) is 68.0 Å². The van der Waals surface area contributed by atoms with Crippen LogP contribution in [-0.2, 0) is 4.79 Å². The van der Waals surface area contributed by atoms with Crippen molar-refractivity contribution in [1.82, 2.24) is 10.1 Å². The molecule has 2 heterocycles. The number of nitrogens with one attached hydrogen (secondary N) is 1. The van der Waals surface area contributed by atoms with E-state index in [0.717, 1.165) is 33.4 Å². The van der Waals surface area contributed by atoms with Crippen LogP contribution in [0.5, 0.6) is 0 Å². The van der Waals surface area contributed by atoms with E-state index in [9.17, 15) is 4.79 Å². The second-order valence-electron chi connectivity index (χ2n) is 7.45. The number of carbonyl (C=O) groups is 1. The first-order valence-electron chi connectivity index (χ1n) is 9.99. The lowest BCUT2D eigenvalue weighted by Gasteiger charge is -2.13. The van der Waals surface area contributed by atoms with Crippen LogP contribution in [0.25, 0.3) is 22.4 Å². The number of nitrogens with zero attached hydrogens (tertiary/aromatic N) is 2. The third kappa shape index (κ3) is 4.09. The number of hydrogen-bond acceptors (Lipinski definition) is 4. The summed E-state index contributed by atoms with van der Waals surface area (Å²) in [5.74, 6) is -0.397. The average Bonchev–Trinajstić information content (AvgIpc) is 3.19. The Morgan fingerprint density at radius 2 is 1.77 bits per heavy atom. The summed E-state index contributed by atoms with van der Waals surface area (Å²) in [4.78, 5) is 17.2. The lowest BCUT2D eigenvalue weighted by Crippen LogP contribution is -2.19. The molecule has 0 bridgehead atoms. The summed E-state index contributed by atoms with van der Waals surface area (Å²) in [5, 5.41) is 7.79. The van der Waals surface area contributed by atoms with Crippen LogP contribution < -0.4 is 5.32 Å². The van der Waals surface area contributed by atoms with Crippen LogP contribution in [-0.4, -0.2) is 16.0 Å². The van der Waals surface area contributed by atoms with E-state index in [2.05, 4.69) is 28.4 Å². The molecule has 5 nitrogen and oxygen atoms in total. The van der Waals surface area contributed by atoms with E-state index in [0.29, 0.717) is 16.6 Å². The number of pyridine rings is 1. The molecule has 0 spiro atoms. The van der Waals surface area contributed by atoms with Crippen LogP contribution in [0.2, 0.25) is 5.02 Å². The minimum absolute atomic E-state index is 0.230. The molecule has 0 radical (unpaired) electrons. The SMILES string of the molecule is Cc1cccc(-c2noc(NC(=O)C(C)c3ccccc3Cl)c2-c2ccncc2)c1C. The van der Waals surface area contributed by atoms with Gasteiger partial charge in [0.05, 0.1) is 11.5 Å². The molecule has 0 fully saturated rings. The zero-order valence-electron chi connectivity index (χ0n) is 17.5. The van der Waals surface area contributed by atoms with Crippen LogP contribution in [0.15, 0.2) is 71.5 Å². The van der Waals surface area contributed by atoms with Crippen molar-refractivity contribution in [3.63, 3.8) is 0 Å². The standard InChI is InChI=1S/C25H22ClN3O2/c1-15-7-6-9-20(16(15)2)23-22(18-11-13-27-14-12-18)25(31-29-23)28-24(30)17(3)19-8-4-5-10-21(19)26/h4-14,17H,1-3H3,(H,28,30). The smallest absolute Gasteiger partial charge is 0.239 e. The predicted molar refractivity (Wildman–Crippen MR) is 123 cm³/mol. The molecule has 4 aromatic rings. The number of anilines is 1. The first kappa shape index (κ1) is 20.8. The van der Waals surface area contributed by atoms with Gasteiger partial charge in [-0.3, -0.25) is 15.1 Å². The van der Waals surface area contributed by atoms with E-state index in [1.54, 1.807) is 18.5 Å². The quantitative estimate of drug-likeness (QED) is 0.396. The van der Waals surface area contributed by atoms with Crippen LogP contribution in [0.1, 0.15) is 29.5 Å². The van der Waals surface area contributed by atoms with E-state index >= 15 is 0 Å². The van der Waals surface area contributed by atoms with Gasteiger partial charge in [-0.2, -0.15) is 0 Å². The second kappa shape index (κ2) is 8.74. The van der Waals surface area contributed by atoms with Crippen molar-refractivity contribution in [2.24, 2.45) is 0 Å². The van der Waals surface area contributed by atoms with E-state index in [1.807, 2.05) is 56.3 Å². The van der Waals surface area contributed by atoms with Crippen molar-refractivity contribution in [3.8, 4) is 22.4 Å². The molecule has 0 saturated heterocycles. The molecule has 156 valence electrons. The van der Waals surface area contributed by atoms with Gasteiger partial charge in [0.15, 0.2) is 0 Å². The lowest BCUT2D eigenvalue weighted by molar-refractivity contribution is -0.117. The maximum absolute atomic E-state index is 13.0. The van der Waals surface area contributed by atoms with Crippen molar-refractivity contribution in [1.29, 1.82) is 0 Å². The van der Waals surface area contributed by atoms with Gasteiger partial charge in [-0.1, -0.05) is 53.2 Å². The number of halogens is 1.